The van der Waals surface area contributed by atoms with Crippen LogP contribution >= 0.6 is 0 Å². The summed E-state index contributed by atoms with van der Waals surface area (Å²) >= 11 is 0. The van der Waals surface area contributed by atoms with Gasteiger partial charge in [0, 0.05) is 6.61 Å². The molecule has 2 N–H and O–H groups in total. The molecule has 1 aromatic rings. The van der Waals surface area contributed by atoms with E-state index in [4.69, 9.17) is 15.2 Å². The molecule has 0 aliphatic heterocycles. The van der Waals surface area contributed by atoms with Gasteiger partial charge in [-0.1, -0.05) is 37.6 Å². The Hall–Kier alpha value is -0.900. The smallest absolute Gasteiger partial charge is 0.0720 e. The SMILES string of the molecule is CCCCOCCOCc1ccccc1CCN. The van der Waals surface area contributed by atoms with Crippen LogP contribution < -0.4 is 5.73 Å². The number of unbranched alkanes of at least 4 members (excludes halogenated alkanes) is 1. The maximum atomic E-state index is 5.62. The molecule has 1 rings (SSSR count). The summed E-state index contributed by atoms with van der Waals surface area (Å²) in [7, 11) is 0. The lowest BCUT2D eigenvalue weighted by molar-refractivity contribution is 0.0394. The summed E-state index contributed by atoms with van der Waals surface area (Å²) in [4.78, 5) is 0. The van der Waals surface area contributed by atoms with Crippen LogP contribution in [0.1, 0.15) is 30.9 Å². The van der Waals surface area contributed by atoms with Crippen molar-refractivity contribution in [2.75, 3.05) is 26.4 Å². The largest absolute Gasteiger partial charge is 0.379 e. The molecule has 0 aromatic heterocycles. The molecule has 0 aliphatic carbocycles. The zero-order chi connectivity index (χ0) is 13.1. The first-order valence-corrected chi connectivity index (χ1v) is 6.80. The van der Waals surface area contributed by atoms with Crippen molar-refractivity contribution in [3.63, 3.8) is 0 Å². The van der Waals surface area contributed by atoms with Crippen molar-refractivity contribution in [2.45, 2.75) is 32.8 Å². The van der Waals surface area contributed by atoms with E-state index in [1.807, 2.05) is 12.1 Å². The van der Waals surface area contributed by atoms with E-state index in [2.05, 4.69) is 19.1 Å². The molecule has 0 amide bonds. The van der Waals surface area contributed by atoms with Gasteiger partial charge in [0.2, 0.25) is 0 Å². The molecule has 0 fully saturated rings. The number of nitrogens with two attached hydrogens (primary N) is 1. The summed E-state index contributed by atoms with van der Waals surface area (Å²) in [5.74, 6) is 0. The summed E-state index contributed by atoms with van der Waals surface area (Å²) in [6.07, 6.45) is 3.21. The average Bonchev–Trinajstić information content (AvgIpc) is 2.40. The van der Waals surface area contributed by atoms with Crippen LogP contribution in [-0.2, 0) is 22.5 Å². The van der Waals surface area contributed by atoms with Crippen LogP contribution in [0.25, 0.3) is 0 Å². The summed E-state index contributed by atoms with van der Waals surface area (Å²) in [5, 5.41) is 0. The van der Waals surface area contributed by atoms with Crippen LogP contribution in [0, 0.1) is 0 Å². The van der Waals surface area contributed by atoms with E-state index < -0.39 is 0 Å². The highest BCUT2D eigenvalue weighted by Gasteiger charge is 2.00. The molecule has 0 aliphatic rings. The Bertz CT molecular complexity index is 315. The Labute approximate surface area is 110 Å². The minimum atomic E-state index is 0.646. The van der Waals surface area contributed by atoms with Gasteiger partial charge in [0.25, 0.3) is 0 Å². The maximum absolute atomic E-state index is 5.62. The molecule has 0 bridgehead atoms. The number of hydrogen-bond acceptors (Lipinski definition) is 3. The molecule has 0 saturated heterocycles. The van der Waals surface area contributed by atoms with Gasteiger partial charge in [-0.2, -0.15) is 0 Å². The van der Waals surface area contributed by atoms with Gasteiger partial charge in [-0.3, -0.25) is 0 Å². The summed E-state index contributed by atoms with van der Waals surface area (Å²) < 4.78 is 11.1. The quantitative estimate of drug-likeness (QED) is 0.650. The minimum absolute atomic E-state index is 0.646. The topological polar surface area (TPSA) is 44.5 Å². The van der Waals surface area contributed by atoms with Crippen molar-refractivity contribution >= 4 is 0 Å². The lowest BCUT2D eigenvalue weighted by atomic mass is 10.1. The number of rotatable bonds is 10. The van der Waals surface area contributed by atoms with E-state index in [9.17, 15) is 0 Å². The molecule has 0 spiro atoms. The highest BCUT2D eigenvalue weighted by Crippen LogP contribution is 2.10. The fraction of sp³-hybridized carbons (Fsp3) is 0.600. The third-order valence-corrected chi connectivity index (χ3v) is 2.80. The minimum Gasteiger partial charge on any atom is -0.379 e. The molecule has 0 atom stereocenters. The third kappa shape index (κ3) is 6.15. The molecular weight excluding hydrogens is 226 g/mol. The van der Waals surface area contributed by atoms with Gasteiger partial charge < -0.3 is 15.2 Å². The van der Waals surface area contributed by atoms with Crippen molar-refractivity contribution in [3.8, 4) is 0 Å². The van der Waals surface area contributed by atoms with Crippen molar-refractivity contribution < 1.29 is 9.47 Å². The van der Waals surface area contributed by atoms with Gasteiger partial charge >= 0.3 is 0 Å². The van der Waals surface area contributed by atoms with Gasteiger partial charge in [0.15, 0.2) is 0 Å². The number of ether oxygens (including phenoxy) is 2. The van der Waals surface area contributed by atoms with Crippen LogP contribution in [0.15, 0.2) is 24.3 Å². The zero-order valence-corrected chi connectivity index (χ0v) is 11.4. The lowest BCUT2D eigenvalue weighted by Crippen LogP contribution is -2.08. The Morgan fingerprint density at radius 3 is 2.44 bits per heavy atom. The maximum Gasteiger partial charge on any atom is 0.0720 e. The van der Waals surface area contributed by atoms with Crippen molar-refractivity contribution in [3.05, 3.63) is 35.4 Å². The second kappa shape index (κ2) is 10.1. The van der Waals surface area contributed by atoms with Gasteiger partial charge in [0.1, 0.15) is 0 Å². The summed E-state index contributed by atoms with van der Waals surface area (Å²) in [6, 6.07) is 8.30. The average molecular weight is 251 g/mol. The Morgan fingerprint density at radius 1 is 1.00 bits per heavy atom. The molecule has 102 valence electrons. The monoisotopic (exact) mass is 251 g/mol. The Balaban J connectivity index is 2.18. The summed E-state index contributed by atoms with van der Waals surface area (Å²) in [6.45, 7) is 5.65. The molecule has 0 unspecified atom stereocenters. The first kappa shape index (κ1) is 15.2. The zero-order valence-electron chi connectivity index (χ0n) is 11.4. The van der Waals surface area contributed by atoms with Crippen LogP contribution in [0.5, 0.6) is 0 Å². The predicted octanol–water partition coefficient (Wildman–Crippen LogP) is 2.52. The van der Waals surface area contributed by atoms with Gasteiger partial charge in [-0.15, -0.1) is 0 Å². The first-order chi connectivity index (χ1) is 8.88. The van der Waals surface area contributed by atoms with E-state index in [1.54, 1.807) is 0 Å². The van der Waals surface area contributed by atoms with Crippen LogP contribution in [0.2, 0.25) is 0 Å². The molecule has 3 nitrogen and oxygen atoms in total. The van der Waals surface area contributed by atoms with Crippen LogP contribution in [0.3, 0.4) is 0 Å². The normalized spacial score (nSPS) is 10.8. The second-order valence-corrected chi connectivity index (χ2v) is 4.33. The van der Waals surface area contributed by atoms with Gasteiger partial charge in [-0.05, 0) is 30.5 Å². The van der Waals surface area contributed by atoms with E-state index in [0.29, 0.717) is 26.4 Å². The van der Waals surface area contributed by atoms with Gasteiger partial charge in [0.05, 0.1) is 19.8 Å². The van der Waals surface area contributed by atoms with E-state index in [-0.39, 0.29) is 0 Å². The second-order valence-electron chi connectivity index (χ2n) is 4.33. The first-order valence-electron chi connectivity index (χ1n) is 6.80. The fourth-order valence-electron chi connectivity index (χ4n) is 1.75. The molecule has 0 heterocycles. The van der Waals surface area contributed by atoms with E-state index in [1.165, 1.54) is 17.5 Å². The standard InChI is InChI=1S/C15H25NO2/c1-2-3-10-17-11-12-18-13-15-7-5-4-6-14(15)8-9-16/h4-7H,2-3,8-13,16H2,1H3. The number of benzene rings is 1. The van der Waals surface area contributed by atoms with Crippen LogP contribution in [-0.4, -0.2) is 26.4 Å². The molecule has 18 heavy (non-hydrogen) atoms. The summed E-state index contributed by atoms with van der Waals surface area (Å²) in [5.41, 5.74) is 8.11. The predicted molar refractivity (Wildman–Crippen MR) is 74.6 cm³/mol. The number of hydrogen-bond donors (Lipinski definition) is 1. The molecule has 0 saturated carbocycles. The Morgan fingerprint density at radius 2 is 1.72 bits per heavy atom. The highest BCUT2D eigenvalue weighted by atomic mass is 16.5. The van der Waals surface area contributed by atoms with Gasteiger partial charge in [-0.25, -0.2) is 0 Å². The molecule has 3 heteroatoms. The fourth-order valence-corrected chi connectivity index (χ4v) is 1.75. The molecule has 0 radical (unpaired) electrons. The van der Waals surface area contributed by atoms with Crippen LogP contribution in [0.4, 0.5) is 0 Å². The lowest BCUT2D eigenvalue weighted by Gasteiger charge is -2.09. The van der Waals surface area contributed by atoms with Crippen molar-refractivity contribution in [1.82, 2.24) is 0 Å². The van der Waals surface area contributed by atoms with Crippen molar-refractivity contribution in [2.24, 2.45) is 5.73 Å². The van der Waals surface area contributed by atoms with Crippen molar-refractivity contribution in [1.29, 1.82) is 0 Å². The molecular formula is C15H25NO2. The molecule has 1 aromatic carbocycles. The Kier molecular flexibility index (Phi) is 8.47. The van der Waals surface area contributed by atoms with E-state index in [0.717, 1.165) is 19.4 Å². The highest BCUT2D eigenvalue weighted by molar-refractivity contribution is 5.26. The van der Waals surface area contributed by atoms with E-state index >= 15 is 0 Å². The third-order valence-electron chi connectivity index (χ3n) is 2.80.